The SMILES string of the molecule is CCC12CC3CC(O)(C1)CC(C(=O)N1CCSCC1)(C3)C2. The summed E-state index contributed by atoms with van der Waals surface area (Å²) >= 11 is 1.95. The molecular weight excluding hydrogens is 282 g/mol. The molecule has 5 aliphatic rings. The van der Waals surface area contributed by atoms with E-state index in [1.54, 1.807) is 0 Å². The zero-order valence-corrected chi connectivity index (χ0v) is 13.9. The molecule has 4 atom stereocenters. The third-order valence-corrected chi connectivity index (χ3v) is 7.60. The molecule has 1 amide bonds. The van der Waals surface area contributed by atoms with E-state index in [0.717, 1.165) is 63.1 Å². The van der Waals surface area contributed by atoms with Gasteiger partial charge in [-0.1, -0.05) is 13.3 Å². The number of carbonyl (C=O) groups is 1. The van der Waals surface area contributed by atoms with Crippen LogP contribution in [0.15, 0.2) is 0 Å². The predicted octanol–water partition coefficient (Wildman–Crippen LogP) is 2.67. The van der Waals surface area contributed by atoms with Gasteiger partial charge >= 0.3 is 0 Å². The van der Waals surface area contributed by atoms with E-state index in [2.05, 4.69) is 11.8 Å². The maximum Gasteiger partial charge on any atom is 0.228 e. The van der Waals surface area contributed by atoms with E-state index < -0.39 is 5.60 Å². The van der Waals surface area contributed by atoms with E-state index in [-0.39, 0.29) is 10.8 Å². The van der Waals surface area contributed by atoms with Crippen molar-refractivity contribution in [2.45, 2.75) is 57.5 Å². The zero-order chi connectivity index (χ0) is 14.7. The number of hydrogen-bond acceptors (Lipinski definition) is 3. The Balaban J connectivity index is 1.65. The first-order chi connectivity index (χ1) is 9.98. The van der Waals surface area contributed by atoms with Gasteiger partial charge in [-0.15, -0.1) is 0 Å². The summed E-state index contributed by atoms with van der Waals surface area (Å²) in [7, 11) is 0. The van der Waals surface area contributed by atoms with E-state index in [0.29, 0.717) is 11.8 Å². The molecule has 0 aromatic heterocycles. The Morgan fingerprint density at radius 3 is 2.62 bits per heavy atom. The minimum atomic E-state index is -0.546. The van der Waals surface area contributed by atoms with Gasteiger partial charge in [0.25, 0.3) is 0 Å². The third-order valence-electron chi connectivity index (χ3n) is 6.66. The van der Waals surface area contributed by atoms with Crippen molar-refractivity contribution < 1.29 is 9.90 Å². The van der Waals surface area contributed by atoms with Crippen LogP contribution in [0.25, 0.3) is 0 Å². The van der Waals surface area contributed by atoms with Crippen molar-refractivity contribution in [3.63, 3.8) is 0 Å². The quantitative estimate of drug-likeness (QED) is 0.852. The van der Waals surface area contributed by atoms with E-state index in [1.165, 1.54) is 6.42 Å². The zero-order valence-electron chi connectivity index (χ0n) is 13.1. The van der Waals surface area contributed by atoms with Gasteiger partial charge in [-0.05, 0) is 49.9 Å². The number of thioether (sulfide) groups is 1. The van der Waals surface area contributed by atoms with Crippen molar-refractivity contribution in [3.05, 3.63) is 0 Å². The molecular formula is C17H27NO2S. The molecule has 118 valence electrons. The van der Waals surface area contributed by atoms with Crippen LogP contribution in [0.3, 0.4) is 0 Å². The first-order valence-corrected chi connectivity index (χ1v) is 9.73. The van der Waals surface area contributed by atoms with Crippen LogP contribution < -0.4 is 0 Å². The number of hydrogen-bond donors (Lipinski definition) is 1. The lowest BCUT2D eigenvalue weighted by Gasteiger charge is -2.65. The van der Waals surface area contributed by atoms with Crippen LogP contribution in [0.4, 0.5) is 0 Å². The van der Waals surface area contributed by atoms with E-state index in [4.69, 9.17) is 0 Å². The fourth-order valence-electron chi connectivity index (χ4n) is 6.32. The molecule has 0 spiro atoms. The highest BCUT2D eigenvalue weighted by atomic mass is 32.2. The minimum absolute atomic E-state index is 0.230. The highest BCUT2D eigenvalue weighted by molar-refractivity contribution is 7.99. The molecule has 4 bridgehead atoms. The average Bonchev–Trinajstić information content (AvgIpc) is 2.45. The van der Waals surface area contributed by atoms with E-state index >= 15 is 0 Å². The van der Waals surface area contributed by atoms with Crippen molar-refractivity contribution in [2.75, 3.05) is 24.6 Å². The summed E-state index contributed by atoms with van der Waals surface area (Å²) in [5.74, 6) is 3.11. The predicted molar refractivity (Wildman–Crippen MR) is 85.2 cm³/mol. The maximum atomic E-state index is 13.3. The minimum Gasteiger partial charge on any atom is -0.390 e. The smallest absolute Gasteiger partial charge is 0.228 e. The second kappa shape index (κ2) is 4.64. The maximum absolute atomic E-state index is 13.3. The van der Waals surface area contributed by atoms with Gasteiger partial charge < -0.3 is 10.0 Å². The van der Waals surface area contributed by atoms with Gasteiger partial charge in [0.15, 0.2) is 0 Å². The van der Waals surface area contributed by atoms with Gasteiger partial charge in [0, 0.05) is 24.6 Å². The largest absolute Gasteiger partial charge is 0.390 e. The summed E-state index contributed by atoms with van der Waals surface area (Å²) in [5, 5.41) is 11.0. The Morgan fingerprint density at radius 2 is 1.95 bits per heavy atom. The molecule has 1 aliphatic heterocycles. The van der Waals surface area contributed by atoms with Crippen LogP contribution in [-0.4, -0.2) is 46.1 Å². The lowest BCUT2D eigenvalue weighted by Crippen LogP contribution is -2.64. The second-order valence-electron chi connectivity index (χ2n) is 8.27. The van der Waals surface area contributed by atoms with Crippen LogP contribution in [0.5, 0.6) is 0 Å². The molecule has 21 heavy (non-hydrogen) atoms. The van der Waals surface area contributed by atoms with Gasteiger partial charge in [0.1, 0.15) is 0 Å². The molecule has 1 saturated heterocycles. The number of amides is 1. The molecule has 0 radical (unpaired) electrons. The first-order valence-electron chi connectivity index (χ1n) is 8.58. The lowest BCUT2D eigenvalue weighted by molar-refractivity contribution is -0.209. The summed E-state index contributed by atoms with van der Waals surface area (Å²) in [6, 6.07) is 0. The van der Waals surface area contributed by atoms with Crippen molar-refractivity contribution in [3.8, 4) is 0 Å². The Hall–Kier alpha value is -0.220. The Kier molecular flexibility index (Phi) is 3.18. The van der Waals surface area contributed by atoms with E-state index in [9.17, 15) is 9.90 Å². The molecule has 4 unspecified atom stereocenters. The second-order valence-corrected chi connectivity index (χ2v) is 9.50. The highest BCUT2D eigenvalue weighted by Gasteiger charge is 2.65. The fourth-order valence-corrected chi connectivity index (χ4v) is 7.22. The van der Waals surface area contributed by atoms with Gasteiger partial charge in [-0.3, -0.25) is 4.79 Å². The number of rotatable bonds is 2. The fraction of sp³-hybridized carbons (Fsp3) is 0.941. The van der Waals surface area contributed by atoms with Crippen molar-refractivity contribution in [1.82, 2.24) is 4.90 Å². The highest BCUT2D eigenvalue weighted by Crippen LogP contribution is 2.68. The number of nitrogens with zero attached hydrogens (tertiary/aromatic N) is 1. The number of carbonyl (C=O) groups excluding carboxylic acids is 1. The molecule has 1 N–H and O–H groups in total. The number of aliphatic hydroxyl groups is 1. The summed E-state index contributed by atoms with van der Waals surface area (Å²) in [6.07, 6.45) is 7.07. The molecule has 4 aliphatic carbocycles. The van der Waals surface area contributed by atoms with Crippen molar-refractivity contribution in [2.24, 2.45) is 16.7 Å². The van der Waals surface area contributed by atoms with Gasteiger partial charge in [-0.25, -0.2) is 0 Å². The monoisotopic (exact) mass is 309 g/mol. The Morgan fingerprint density at radius 1 is 1.19 bits per heavy atom. The Labute approximate surface area is 131 Å². The van der Waals surface area contributed by atoms with E-state index in [1.807, 2.05) is 11.8 Å². The van der Waals surface area contributed by atoms with Gasteiger partial charge in [0.2, 0.25) is 5.91 Å². The van der Waals surface area contributed by atoms with Crippen LogP contribution in [0.1, 0.15) is 51.9 Å². The molecule has 5 fully saturated rings. The molecule has 0 aromatic carbocycles. The standard InChI is InChI=1S/C17H27NO2S/c1-2-15-7-13-8-16(10-15,12-17(20,9-13)11-15)14(19)18-3-5-21-6-4-18/h13,20H,2-12H2,1H3. The molecule has 4 heteroatoms. The van der Waals surface area contributed by atoms with Gasteiger partial charge in [0.05, 0.1) is 11.0 Å². The molecule has 3 nitrogen and oxygen atoms in total. The third kappa shape index (κ3) is 2.16. The van der Waals surface area contributed by atoms with Crippen molar-refractivity contribution in [1.29, 1.82) is 0 Å². The summed E-state index contributed by atoms with van der Waals surface area (Å²) < 4.78 is 0. The van der Waals surface area contributed by atoms with Crippen LogP contribution in [0.2, 0.25) is 0 Å². The summed E-state index contributed by atoms with van der Waals surface area (Å²) in [6.45, 7) is 4.08. The Bertz CT molecular complexity index is 464. The first kappa shape index (κ1) is 14.4. The van der Waals surface area contributed by atoms with Crippen LogP contribution >= 0.6 is 11.8 Å². The molecule has 4 saturated carbocycles. The van der Waals surface area contributed by atoms with Crippen LogP contribution in [-0.2, 0) is 4.79 Å². The lowest BCUT2D eigenvalue weighted by atomic mass is 9.42. The van der Waals surface area contributed by atoms with Gasteiger partial charge in [-0.2, -0.15) is 11.8 Å². The summed E-state index contributed by atoms with van der Waals surface area (Å²) in [4.78, 5) is 15.4. The summed E-state index contributed by atoms with van der Waals surface area (Å²) in [5.41, 5.74) is -0.532. The normalized spacial score (nSPS) is 48.7. The van der Waals surface area contributed by atoms with Crippen LogP contribution in [0, 0.1) is 16.7 Å². The molecule has 1 heterocycles. The molecule has 0 aromatic rings. The average molecular weight is 309 g/mol. The topological polar surface area (TPSA) is 40.5 Å². The van der Waals surface area contributed by atoms with Crippen molar-refractivity contribution >= 4 is 17.7 Å². The molecule has 5 rings (SSSR count).